The molecule has 0 fully saturated rings. The van der Waals surface area contributed by atoms with Crippen molar-refractivity contribution in [1.29, 1.82) is 0 Å². The number of halogens is 4. The van der Waals surface area contributed by atoms with E-state index in [1.807, 2.05) is 18.2 Å². The largest absolute Gasteiger partial charge is 0.306 e. The fourth-order valence-electron chi connectivity index (χ4n) is 2.15. The van der Waals surface area contributed by atoms with E-state index in [1.54, 1.807) is 0 Å². The molecule has 21 heavy (non-hydrogen) atoms. The molecule has 2 aromatic carbocycles. The molecule has 0 aliphatic rings. The SMILES string of the molecule is CCCNC(c1ccc(F)cc1Br)c1cc(Br)ccc1Br. The Hall–Kier alpha value is -0.230. The number of hydrogen-bond donors (Lipinski definition) is 1. The zero-order valence-corrected chi connectivity index (χ0v) is 16.2. The Kier molecular flexibility index (Phi) is 6.41. The molecule has 2 aromatic rings. The predicted molar refractivity (Wildman–Crippen MR) is 96.1 cm³/mol. The zero-order valence-electron chi connectivity index (χ0n) is 11.5. The van der Waals surface area contributed by atoms with Gasteiger partial charge in [-0.15, -0.1) is 0 Å². The molecule has 1 unspecified atom stereocenters. The highest BCUT2D eigenvalue weighted by atomic mass is 79.9. The van der Waals surface area contributed by atoms with Gasteiger partial charge in [-0.05, 0) is 54.4 Å². The van der Waals surface area contributed by atoms with Gasteiger partial charge in [-0.1, -0.05) is 60.8 Å². The normalized spacial score (nSPS) is 12.4. The van der Waals surface area contributed by atoms with Crippen molar-refractivity contribution in [2.24, 2.45) is 0 Å². The molecule has 112 valence electrons. The van der Waals surface area contributed by atoms with Gasteiger partial charge in [0.25, 0.3) is 0 Å². The Morgan fingerprint density at radius 2 is 1.76 bits per heavy atom. The van der Waals surface area contributed by atoms with Gasteiger partial charge in [-0.2, -0.15) is 0 Å². The van der Waals surface area contributed by atoms with Gasteiger partial charge in [-0.3, -0.25) is 0 Å². The van der Waals surface area contributed by atoms with Crippen LogP contribution in [-0.2, 0) is 0 Å². The second kappa shape index (κ2) is 7.86. The minimum Gasteiger partial charge on any atom is -0.306 e. The summed E-state index contributed by atoms with van der Waals surface area (Å²) in [6.07, 6.45) is 1.03. The third kappa shape index (κ3) is 4.38. The van der Waals surface area contributed by atoms with E-state index in [4.69, 9.17) is 0 Å². The van der Waals surface area contributed by atoms with Crippen LogP contribution in [0.2, 0.25) is 0 Å². The molecule has 0 spiro atoms. The van der Waals surface area contributed by atoms with E-state index >= 15 is 0 Å². The first kappa shape index (κ1) is 17.1. The molecule has 1 nitrogen and oxygen atoms in total. The van der Waals surface area contributed by atoms with Crippen molar-refractivity contribution in [1.82, 2.24) is 5.32 Å². The predicted octanol–water partition coefficient (Wildman–Crippen LogP) is 6.20. The first-order chi connectivity index (χ1) is 10.0. The summed E-state index contributed by atoms with van der Waals surface area (Å²) in [5.74, 6) is -0.242. The highest BCUT2D eigenvalue weighted by Crippen LogP contribution is 2.34. The Morgan fingerprint density at radius 1 is 1.00 bits per heavy atom. The van der Waals surface area contributed by atoms with Gasteiger partial charge in [0.05, 0.1) is 6.04 Å². The molecule has 0 radical (unpaired) electrons. The van der Waals surface area contributed by atoms with Gasteiger partial charge in [-0.25, -0.2) is 4.39 Å². The second-order valence-corrected chi connectivity index (χ2v) is 7.34. The lowest BCUT2D eigenvalue weighted by atomic mass is 9.98. The van der Waals surface area contributed by atoms with Crippen LogP contribution in [0.15, 0.2) is 49.8 Å². The second-order valence-electron chi connectivity index (χ2n) is 4.72. The monoisotopic (exact) mass is 477 g/mol. The van der Waals surface area contributed by atoms with Crippen LogP contribution in [0.3, 0.4) is 0 Å². The van der Waals surface area contributed by atoms with Gasteiger partial charge in [0, 0.05) is 13.4 Å². The van der Waals surface area contributed by atoms with Crippen molar-refractivity contribution in [3.63, 3.8) is 0 Å². The van der Waals surface area contributed by atoms with Crippen molar-refractivity contribution >= 4 is 47.8 Å². The lowest BCUT2D eigenvalue weighted by Gasteiger charge is -2.22. The molecular formula is C16H15Br3FN. The minimum absolute atomic E-state index is 0.00759. The van der Waals surface area contributed by atoms with Crippen LogP contribution in [-0.4, -0.2) is 6.54 Å². The maximum atomic E-state index is 13.3. The summed E-state index contributed by atoms with van der Waals surface area (Å²) >= 11 is 10.6. The quantitative estimate of drug-likeness (QED) is 0.538. The molecule has 0 saturated heterocycles. The van der Waals surface area contributed by atoms with Crippen LogP contribution in [0, 0.1) is 5.82 Å². The first-order valence-corrected chi connectivity index (χ1v) is 9.04. The summed E-state index contributed by atoms with van der Waals surface area (Å²) in [6.45, 7) is 3.01. The lowest BCUT2D eigenvalue weighted by molar-refractivity contribution is 0.589. The highest BCUT2D eigenvalue weighted by Gasteiger charge is 2.19. The smallest absolute Gasteiger partial charge is 0.124 e. The standard InChI is InChI=1S/C16H15Br3FN/c1-2-7-21-16(12-5-4-11(20)9-15(12)19)13-8-10(17)3-6-14(13)18/h3-6,8-9,16,21H,2,7H2,1H3. The maximum absolute atomic E-state index is 13.3. The van der Waals surface area contributed by atoms with Crippen LogP contribution in [0.5, 0.6) is 0 Å². The van der Waals surface area contributed by atoms with Crippen molar-refractivity contribution < 1.29 is 4.39 Å². The van der Waals surface area contributed by atoms with Gasteiger partial charge < -0.3 is 5.32 Å². The summed E-state index contributed by atoms with van der Waals surface area (Å²) in [7, 11) is 0. The third-order valence-corrected chi connectivity index (χ3v) is 5.04. The van der Waals surface area contributed by atoms with Crippen LogP contribution >= 0.6 is 47.8 Å². The number of benzene rings is 2. The molecule has 1 N–H and O–H groups in total. The summed E-state index contributed by atoms with van der Waals surface area (Å²) < 4.78 is 16.1. The van der Waals surface area contributed by atoms with Crippen molar-refractivity contribution in [3.8, 4) is 0 Å². The average molecular weight is 480 g/mol. The molecule has 0 saturated carbocycles. The van der Waals surface area contributed by atoms with Crippen LogP contribution in [0.4, 0.5) is 4.39 Å². The van der Waals surface area contributed by atoms with Crippen LogP contribution < -0.4 is 5.32 Å². The zero-order chi connectivity index (χ0) is 15.4. The summed E-state index contributed by atoms with van der Waals surface area (Å²) in [5.41, 5.74) is 2.13. The van der Waals surface area contributed by atoms with E-state index in [2.05, 4.69) is 66.1 Å². The lowest BCUT2D eigenvalue weighted by Crippen LogP contribution is -2.24. The number of rotatable bonds is 5. The molecule has 0 amide bonds. The molecule has 2 rings (SSSR count). The molecule has 0 aromatic heterocycles. The Bertz CT molecular complexity index is 631. The van der Waals surface area contributed by atoms with E-state index in [9.17, 15) is 4.39 Å². The van der Waals surface area contributed by atoms with Gasteiger partial charge in [0.15, 0.2) is 0 Å². The Balaban J connectivity index is 2.49. The molecule has 5 heteroatoms. The topological polar surface area (TPSA) is 12.0 Å². The highest BCUT2D eigenvalue weighted by molar-refractivity contribution is 9.11. The minimum atomic E-state index is -0.242. The van der Waals surface area contributed by atoms with Crippen molar-refractivity contribution in [3.05, 3.63) is 66.8 Å². The molecule has 1 atom stereocenters. The molecule has 0 heterocycles. The summed E-state index contributed by atoms with van der Waals surface area (Å²) in [4.78, 5) is 0. The maximum Gasteiger partial charge on any atom is 0.124 e. The van der Waals surface area contributed by atoms with Gasteiger partial charge >= 0.3 is 0 Å². The molecule has 0 aliphatic carbocycles. The van der Waals surface area contributed by atoms with Crippen molar-refractivity contribution in [2.75, 3.05) is 6.54 Å². The van der Waals surface area contributed by atoms with E-state index in [0.29, 0.717) is 0 Å². The molecule has 0 bridgehead atoms. The van der Waals surface area contributed by atoms with E-state index in [-0.39, 0.29) is 11.9 Å². The number of hydrogen-bond acceptors (Lipinski definition) is 1. The summed E-state index contributed by atoms with van der Waals surface area (Å²) in [5, 5.41) is 3.53. The Labute approximate surface area is 149 Å². The summed E-state index contributed by atoms with van der Waals surface area (Å²) in [6, 6.07) is 10.9. The average Bonchev–Trinajstić information content (AvgIpc) is 2.44. The molecular weight excluding hydrogens is 465 g/mol. The van der Waals surface area contributed by atoms with Crippen LogP contribution in [0.25, 0.3) is 0 Å². The van der Waals surface area contributed by atoms with E-state index < -0.39 is 0 Å². The first-order valence-electron chi connectivity index (χ1n) is 6.66. The van der Waals surface area contributed by atoms with Crippen molar-refractivity contribution in [2.45, 2.75) is 19.4 Å². The van der Waals surface area contributed by atoms with Crippen LogP contribution in [0.1, 0.15) is 30.5 Å². The van der Waals surface area contributed by atoms with E-state index in [0.717, 1.165) is 37.5 Å². The van der Waals surface area contributed by atoms with Gasteiger partial charge in [0.2, 0.25) is 0 Å². The fourth-order valence-corrected chi connectivity index (χ4v) is 3.58. The van der Waals surface area contributed by atoms with E-state index in [1.165, 1.54) is 12.1 Å². The third-order valence-electron chi connectivity index (χ3n) is 3.14. The molecule has 0 aliphatic heterocycles. The fraction of sp³-hybridized carbons (Fsp3) is 0.250. The van der Waals surface area contributed by atoms with Gasteiger partial charge in [0.1, 0.15) is 5.82 Å². The Morgan fingerprint density at radius 3 is 2.43 bits per heavy atom. The number of nitrogens with one attached hydrogen (secondary N) is 1.